The fourth-order valence-electron chi connectivity index (χ4n) is 1.79. The van der Waals surface area contributed by atoms with E-state index in [2.05, 4.69) is 10.6 Å². The van der Waals surface area contributed by atoms with Gasteiger partial charge in [-0.25, -0.2) is 4.39 Å². The first-order valence-corrected chi connectivity index (χ1v) is 7.12. The Morgan fingerprint density at radius 2 is 1.91 bits per heavy atom. The summed E-state index contributed by atoms with van der Waals surface area (Å²) in [6, 6.07) is 14.8. The van der Waals surface area contributed by atoms with Gasteiger partial charge in [-0.15, -0.1) is 0 Å². The van der Waals surface area contributed by atoms with E-state index in [9.17, 15) is 9.18 Å². The zero-order valence-corrected chi connectivity index (χ0v) is 12.8. The topological polar surface area (TPSA) is 64.9 Å². The van der Waals surface area contributed by atoms with Gasteiger partial charge in [-0.3, -0.25) is 4.79 Å². The number of hydrogen-bond acceptors (Lipinski definition) is 3. The first-order valence-electron chi connectivity index (χ1n) is 6.74. The summed E-state index contributed by atoms with van der Waals surface area (Å²) in [5.41, 5.74) is 0.751. The van der Waals surface area contributed by atoms with Crippen LogP contribution in [-0.2, 0) is 11.3 Å². The Balaban J connectivity index is 2.01. The summed E-state index contributed by atoms with van der Waals surface area (Å²) < 4.78 is 13.5. The molecule has 6 heteroatoms. The number of hydrogen-bond donors (Lipinski definition) is 2. The molecule has 0 unspecified atom stereocenters. The third kappa shape index (κ3) is 4.56. The summed E-state index contributed by atoms with van der Waals surface area (Å²) in [6.07, 6.45) is 1.17. The predicted molar refractivity (Wildman–Crippen MR) is 87.0 cm³/mol. The zero-order chi connectivity index (χ0) is 16.7. The Hall–Kier alpha value is -2.84. The quantitative estimate of drug-likeness (QED) is 0.650. The number of nitriles is 1. The summed E-state index contributed by atoms with van der Waals surface area (Å²) in [5.74, 6) is -1.05. The molecular formula is C17H13ClFN3O. The Morgan fingerprint density at radius 1 is 1.22 bits per heavy atom. The molecule has 2 aromatic rings. The van der Waals surface area contributed by atoms with Gasteiger partial charge >= 0.3 is 0 Å². The van der Waals surface area contributed by atoms with Crippen molar-refractivity contribution >= 4 is 23.2 Å². The van der Waals surface area contributed by atoms with Crippen molar-refractivity contribution in [2.45, 2.75) is 6.54 Å². The minimum atomic E-state index is -0.573. The lowest BCUT2D eigenvalue weighted by Crippen LogP contribution is -2.24. The second-order valence-corrected chi connectivity index (χ2v) is 4.98. The molecule has 0 aliphatic rings. The average Bonchev–Trinajstić information content (AvgIpc) is 2.56. The third-order valence-corrected chi connectivity index (χ3v) is 3.38. The summed E-state index contributed by atoms with van der Waals surface area (Å²) in [6.45, 7) is 0.192. The van der Waals surface area contributed by atoms with Crippen LogP contribution in [0.1, 0.15) is 5.56 Å². The molecule has 23 heavy (non-hydrogen) atoms. The Labute approximate surface area is 138 Å². The number of halogens is 2. The van der Waals surface area contributed by atoms with Crippen LogP contribution in [0.2, 0.25) is 5.02 Å². The molecule has 1 amide bonds. The highest BCUT2D eigenvalue weighted by molar-refractivity contribution is 6.31. The fraction of sp³-hybridized carbons (Fsp3) is 0.0588. The van der Waals surface area contributed by atoms with Gasteiger partial charge in [-0.2, -0.15) is 5.26 Å². The lowest BCUT2D eigenvalue weighted by Gasteiger charge is -2.07. The molecule has 0 atom stereocenters. The summed E-state index contributed by atoms with van der Waals surface area (Å²) in [7, 11) is 0. The molecule has 0 radical (unpaired) electrons. The molecule has 4 nitrogen and oxygen atoms in total. The van der Waals surface area contributed by atoms with E-state index in [0.29, 0.717) is 5.02 Å². The number of amides is 1. The minimum absolute atomic E-state index is 0.166. The molecule has 0 bridgehead atoms. The van der Waals surface area contributed by atoms with E-state index >= 15 is 0 Å². The standard InChI is InChI=1S/C17H13ClFN3O/c18-14-6-2-1-5-12(14)10-22-17(23)13(9-20)11-21-16-8-4-3-7-15(16)19/h1-8,11,21H,10H2,(H,22,23)/b13-11-. The molecule has 0 aromatic heterocycles. The van der Waals surface area contributed by atoms with Crippen molar-refractivity contribution in [3.63, 3.8) is 0 Å². The summed E-state index contributed by atoms with van der Waals surface area (Å²) in [5, 5.41) is 14.8. The van der Waals surface area contributed by atoms with E-state index in [-0.39, 0.29) is 17.8 Å². The van der Waals surface area contributed by atoms with Gasteiger partial charge in [-0.05, 0) is 23.8 Å². The number of nitrogens with zero attached hydrogens (tertiary/aromatic N) is 1. The van der Waals surface area contributed by atoms with Crippen LogP contribution in [0.15, 0.2) is 60.3 Å². The number of nitrogens with one attached hydrogen (secondary N) is 2. The van der Waals surface area contributed by atoms with Crippen LogP contribution in [0.3, 0.4) is 0 Å². The highest BCUT2D eigenvalue weighted by Crippen LogP contribution is 2.15. The Kier molecular flexibility index (Phi) is 5.73. The van der Waals surface area contributed by atoms with Crippen molar-refractivity contribution in [2.75, 3.05) is 5.32 Å². The van der Waals surface area contributed by atoms with Crippen LogP contribution in [0.5, 0.6) is 0 Å². The number of para-hydroxylation sites is 1. The molecule has 0 saturated heterocycles. The molecule has 2 rings (SSSR count). The third-order valence-electron chi connectivity index (χ3n) is 3.01. The van der Waals surface area contributed by atoms with Crippen molar-refractivity contribution in [1.82, 2.24) is 5.32 Å². The summed E-state index contributed by atoms with van der Waals surface area (Å²) >= 11 is 5.99. The normalized spacial score (nSPS) is 10.7. The Bertz CT molecular complexity index is 783. The van der Waals surface area contributed by atoms with Crippen molar-refractivity contribution in [2.24, 2.45) is 0 Å². The van der Waals surface area contributed by atoms with Crippen molar-refractivity contribution < 1.29 is 9.18 Å². The first-order chi connectivity index (χ1) is 11.1. The smallest absolute Gasteiger partial charge is 0.263 e. The summed E-state index contributed by atoms with van der Waals surface area (Å²) in [4.78, 5) is 12.0. The highest BCUT2D eigenvalue weighted by Gasteiger charge is 2.10. The van der Waals surface area contributed by atoms with Gasteiger partial charge < -0.3 is 10.6 Å². The molecule has 0 saturated carbocycles. The van der Waals surface area contributed by atoms with Crippen LogP contribution >= 0.6 is 11.6 Å². The van der Waals surface area contributed by atoms with E-state index in [4.69, 9.17) is 16.9 Å². The zero-order valence-electron chi connectivity index (χ0n) is 12.0. The minimum Gasteiger partial charge on any atom is -0.358 e. The number of benzene rings is 2. The van der Waals surface area contributed by atoms with Gasteiger partial charge in [0.15, 0.2) is 0 Å². The van der Waals surface area contributed by atoms with Gasteiger partial charge in [0.2, 0.25) is 0 Å². The van der Waals surface area contributed by atoms with Crippen LogP contribution in [0.25, 0.3) is 0 Å². The molecule has 0 heterocycles. The van der Waals surface area contributed by atoms with E-state index in [0.717, 1.165) is 5.56 Å². The van der Waals surface area contributed by atoms with Crippen LogP contribution in [-0.4, -0.2) is 5.91 Å². The number of anilines is 1. The van der Waals surface area contributed by atoms with E-state index in [1.165, 1.54) is 18.3 Å². The lowest BCUT2D eigenvalue weighted by atomic mass is 10.2. The molecule has 2 N–H and O–H groups in total. The maximum atomic E-state index is 13.5. The van der Waals surface area contributed by atoms with Crippen LogP contribution < -0.4 is 10.6 Å². The largest absolute Gasteiger partial charge is 0.358 e. The first kappa shape index (κ1) is 16.5. The van der Waals surface area contributed by atoms with Gasteiger partial charge in [0.05, 0.1) is 5.69 Å². The average molecular weight is 330 g/mol. The molecule has 0 aliphatic heterocycles. The maximum absolute atomic E-state index is 13.5. The van der Waals surface area contributed by atoms with Gasteiger partial charge in [0.25, 0.3) is 5.91 Å². The number of carbonyl (C=O) groups excluding carboxylic acids is 1. The van der Waals surface area contributed by atoms with Crippen LogP contribution in [0.4, 0.5) is 10.1 Å². The SMILES string of the molecule is N#C/C(=C/Nc1ccccc1F)C(=O)NCc1ccccc1Cl. The lowest BCUT2D eigenvalue weighted by molar-refractivity contribution is -0.117. The fourth-order valence-corrected chi connectivity index (χ4v) is 1.99. The molecule has 0 aliphatic carbocycles. The predicted octanol–water partition coefficient (Wildman–Crippen LogP) is 3.61. The van der Waals surface area contributed by atoms with E-state index in [1.54, 1.807) is 42.5 Å². The second-order valence-electron chi connectivity index (χ2n) is 4.57. The second kappa shape index (κ2) is 7.97. The highest BCUT2D eigenvalue weighted by atomic mass is 35.5. The molecule has 2 aromatic carbocycles. The van der Waals surface area contributed by atoms with Gasteiger partial charge in [-0.1, -0.05) is 41.9 Å². The monoisotopic (exact) mass is 329 g/mol. The van der Waals surface area contributed by atoms with Crippen molar-refractivity contribution in [3.05, 3.63) is 76.7 Å². The number of rotatable bonds is 5. The van der Waals surface area contributed by atoms with Gasteiger partial charge in [0.1, 0.15) is 17.5 Å². The molecule has 0 spiro atoms. The van der Waals surface area contributed by atoms with E-state index < -0.39 is 11.7 Å². The van der Waals surface area contributed by atoms with Gasteiger partial charge in [0, 0.05) is 17.8 Å². The van der Waals surface area contributed by atoms with Crippen molar-refractivity contribution in [3.8, 4) is 6.07 Å². The number of carbonyl (C=O) groups is 1. The molecular weight excluding hydrogens is 317 g/mol. The molecule has 116 valence electrons. The van der Waals surface area contributed by atoms with Crippen molar-refractivity contribution in [1.29, 1.82) is 5.26 Å². The Morgan fingerprint density at radius 3 is 2.61 bits per heavy atom. The molecule has 0 fully saturated rings. The van der Waals surface area contributed by atoms with Crippen LogP contribution in [0, 0.1) is 17.1 Å². The van der Waals surface area contributed by atoms with E-state index in [1.807, 2.05) is 0 Å². The maximum Gasteiger partial charge on any atom is 0.263 e.